The number of nitrogens with zero attached hydrogens (tertiary/aromatic N) is 2. The molecule has 0 saturated heterocycles. The van der Waals surface area contributed by atoms with Gasteiger partial charge in [-0.05, 0) is 28.2 Å². The van der Waals surface area contributed by atoms with Crippen LogP contribution in [-0.2, 0) is 0 Å². The molecule has 0 radical (unpaired) electrons. The van der Waals surface area contributed by atoms with E-state index in [2.05, 4.69) is 28.3 Å². The monoisotopic (exact) mass is 183 g/mol. The van der Waals surface area contributed by atoms with E-state index in [-0.39, 0.29) is 12.3 Å². The van der Waals surface area contributed by atoms with Gasteiger partial charge in [0.25, 0.3) is 0 Å². The first-order chi connectivity index (χ1) is 6.02. The van der Waals surface area contributed by atoms with Crippen LogP contribution in [0.25, 0.3) is 0 Å². The molecule has 0 heterocycles. The largest absolute Gasteiger partial charge is 0.291 e. The fraction of sp³-hybridized carbons (Fsp3) is 0.600. The van der Waals surface area contributed by atoms with E-state index in [9.17, 15) is 0 Å². The zero-order valence-corrected chi connectivity index (χ0v) is 9.12. The minimum Gasteiger partial charge on any atom is -0.291 e. The first-order valence-electron chi connectivity index (χ1n) is 4.37. The fourth-order valence-corrected chi connectivity index (χ4v) is 1.03. The van der Waals surface area contributed by atoms with Crippen LogP contribution < -0.4 is 5.32 Å². The fourth-order valence-electron chi connectivity index (χ4n) is 1.03. The Kier molecular flexibility index (Phi) is 5.62. The maximum absolute atomic E-state index is 3.77. The van der Waals surface area contributed by atoms with E-state index in [1.165, 1.54) is 0 Å². The Morgan fingerprint density at radius 3 is 1.38 bits per heavy atom. The van der Waals surface area contributed by atoms with Gasteiger partial charge >= 0.3 is 0 Å². The third-order valence-corrected chi connectivity index (χ3v) is 1.90. The Balaban J connectivity index is 4.19. The van der Waals surface area contributed by atoms with E-state index < -0.39 is 0 Å². The lowest BCUT2D eigenvalue weighted by atomic mass is 10.3. The zero-order chi connectivity index (χ0) is 10.4. The molecule has 13 heavy (non-hydrogen) atoms. The minimum absolute atomic E-state index is 0.172. The molecule has 3 nitrogen and oxygen atoms in total. The highest BCUT2D eigenvalue weighted by Crippen LogP contribution is 1.96. The van der Waals surface area contributed by atoms with Gasteiger partial charge in [-0.15, -0.1) is 13.2 Å². The van der Waals surface area contributed by atoms with Gasteiger partial charge in [-0.25, -0.2) is 0 Å². The van der Waals surface area contributed by atoms with Crippen molar-refractivity contribution in [2.45, 2.75) is 12.3 Å². The smallest absolute Gasteiger partial charge is 0.0796 e. The lowest BCUT2D eigenvalue weighted by Gasteiger charge is -2.29. The van der Waals surface area contributed by atoms with Crippen molar-refractivity contribution < 1.29 is 0 Å². The summed E-state index contributed by atoms with van der Waals surface area (Å²) in [6.45, 7) is 7.54. The van der Waals surface area contributed by atoms with E-state index in [0.29, 0.717) is 0 Å². The van der Waals surface area contributed by atoms with Crippen molar-refractivity contribution in [2.75, 3.05) is 28.2 Å². The third-order valence-electron chi connectivity index (χ3n) is 1.90. The molecule has 1 N–H and O–H groups in total. The summed E-state index contributed by atoms with van der Waals surface area (Å²) in [6.07, 6.45) is 4.09. The number of nitrogens with one attached hydrogen (secondary N) is 1. The van der Waals surface area contributed by atoms with Crippen molar-refractivity contribution >= 4 is 0 Å². The van der Waals surface area contributed by atoms with Crippen LogP contribution in [0.2, 0.25) is 0 Å². The maximum atomic E-state index is 3.77. The molecule has 0 aromatic rings. The summed E-state index contributed by atoms with van der Waals surface area (Å²) < 4.78 is 0. The van der Waals surface area contributed by atoms with Crippen LogP contribution in [-0.4, -0.2) is 50.3 Å². The highest BCUT2D eigenvalue weighted by atomic mass is 15.3. The third kappa shape index (κ3) is 4.22. The summed E-state index contributed by atoms with van der Waals surface area (Å²) in [5, 5.41) is 3.37. The van der Waals surface area contributed by atoms with Crippen LogP contribution >= 0.6 is 0 Å². The van der Waals surface area contributed by atoms with Crippen LogP contribution in [0.5, 0.6) is 0 Å². The van der Waals surface area contributed by atoms with E-state index in [4.69, 9.17) is 0 Å². The summed E-state index contributed by atoms with van der Waals surface area (Å²) in [5.41, 5.74) is 0. The first kappa shape index (κ1) is 12.4. The molecule has 2 atom stereocenters. The van der Waals surface area contributed by atoms with Gasteiger partial charge in [-0.2, -0.15) is 0 Å². The molecule has 0 fully saturated rings. The summed E-state index contributed by atoms with van der Waals surface area (Å²) in [4.78, 5) is 4.12. The van der Waals surface area contributed by atoms with Gasteiger partial charge in [-0.3, -0.25) is 15.1 Å². The van der Waals surface area contributed by atoms with Gasteiger partial charge in [0.1, 0.15) is 0 Å². The molecular formula is C10H21N3. The van der Waals surface area contributed by atoms with Crippen molar-refractivity contribution in [1.29, 1.82) is 0 Å². The summed E-state index contributed by atoms with van der Waals surface area (Å²) in [7, 11) is 8.04. The predicted octanol–water partition coefficient (Wildman–Crippen LogP) is 0.723. The summed E-state index contributed by atoms with van der Waals surface area (Å²) in [5.74, 6) is 0. The van der Waals surface area contributed by atoms with Gasteiger partial charge in [0.15, 0.2) is 0 Å². The number of hydrogen-bond acceptors (Lipinski definition) is 3. The van der Waals surface area contributed by atoms with Gasteiger partial charge < -0.3 is 0 Å². The molecule has 0 aromatic carbocycles. The normalized spacial score (nSPS) is 15.8. The second kappa shape index (κ2) is 5.91. The number of hydrogen-bond donors (Lipinski definition) is 1. The molecular weight excluding hydrogens is 162 g/mol. The highest BCUT2D eigenvalue weighted by molar-refractivity contribution is 4.91. The molecule has 0 saturated carbocycles. The molecule has 2 unspecified atom stereocenters. The average molecular weight is 183 g/mol. The molecule has 0 rings (SSSR count). The quantitative estimate of drug-likeness (QED) is 0.483. The molecule has 3 heteroatoms. The van der Waals surface area contributed by atoms with Gasteiger partial charge in [-0.1, -0.05) is 12.2 Å². The molecule has 0 bridgehead atoms. The lowest BCUT2D eigenvalue weighted by Crippen LogP contribution is -2.50. The Labute approximate surface area is 81.7 Å². The SMILES string of the molecule is C=CC(NC(C=C)N(C)C)N(C)C. The van der Waals surface area contributed by atoms with Gasteiger partial charge in [0, 0.05) is 0 Å². The summed E-state index contributed by atoms with van der Waals surface area (Å²) in [6, 6.07) is 0. The Hall–Kier alpha value is -0.640. The van der Waals surface area contributed by atoms with Crippen LogP contribution in [0.4, 0.5) is 0 Å². The second-order valence-electron chi connectivity index (χ2n) is 3.45. The highest BCUT2D eigenvalue weighted by Gasteiger charge is 2.12. The predicted molar refractivity (Wildman–Crippen MR) is 58.5 cm³/mol. The molecule has 76 valence electrons. The standard InChI is InChI=1S/C10H21N3/c1-7-9(12(3)4)11-10(8-2)13(5)6/h7-11H,1-2H2,3-6H3. The number of likely N-dealkylation sites (N-methyl/N-ethyl adjacent to an activating group) is 2. The van der Waals surface area contributed by atoms with Crippen LogP contribution in [0.3, 0.4) is 0 Å². The van der Waals surface area contributed by atoms with Crippen LogP contribution in [0.15, 0.2) is 25.3 Å². The lowest BCUT2D eigenvalue weighted by molar-refractivity contribution is 0.211. The van der Waals surface area contributed by atoms with Crippen LogP contribution in [0, 0.1) is 0 Å². The van der Waals surface area contributed by atoms with Crippen molar-refractivity contribution in [3.63, 3.8) is 0 Å². The Morgan fingerprint density at radius 2 is 1.23 bits per heavy atom. The average Bonchev–Trinajstić information content (AvgIpc) is 2.05. The van der Waals surface area contributed by atoms with Gasteiger partial charge in [0.2, 0.25) is 0 Å². The Bertz CT molecular complexity index is 146. The van der Waals surface area contributed by atoms with E-state index >= 15 is 0 Å². The molecule has 0 aliphatic rings. The molecule has 0 spiro atoms. The maximum Gasteiger partial charge on any atom is 0.0796 e. The topological polar surface area (TPSA) is 18.5 Å². The molecule has 0 aromatic heterocycles. The van der Waals surface area contributed by atoms with Gasteiger partial charge in [0.05, 0.1) is 12.3 Å². The Morgan fingerprint density at radius 1 is 0.923 bits per heavy atom. The molecule has 0 aliphatic heterocycles. The first-order valence-corrected chi connectivity index (χ1v) is 4.37. The van der Waals surface area contributed by atoms with Crippen molar-refractivity contribution in [1.82, 2.24) is 15.1 Å². The summed E-state index contributed by atoms with van der Waals surface area (Å²) >= 11 is 0. The molecule has 0 aliphatic carbocycles. The second-order valence-corrected chi connectivity index (χ2v) is 3.45. The van der Waals surface area contributed by atoms with Crippen molar-refractivity contribution in [2.24, 2.45) is 0 Å². The van der Waals surface area contributed by atoms with E-state index in [0.717, 1.165) is 0 Å². The van der Waals surface area contributed by atoms with Crippen molar-refractivity contribution in [3.8, 4) is 0 Å². The van der Waals surface area contributed by atoms with E-state index in [1.54, 1.807) is 0 Å². The molecule has 0 amide bonds. The minimum atomic E-state index is 0.172. The van der Waals surface area contributed by atoms with E-state index in [1.807, 2.05) is 40.3 Å². The van der Waals surface area contributed by atoms with Crippen LogP contribution in [0.1, 0.15) is 0 Å². The van der Waals surface area contributed by atoms with Crippen molar-refractivity contribution in [3.05, 3.63) is 25.3 Å². The zero-order valence-electron chi connectivity index (χ0n) is 9.12. The number of rotatable bonds is 6.